The lowest BCUT2D eigenvalue weighted by atomic mass is 10.1. The molecule has 1 aromatic carbocycles. The summed E-state index contributed by atoms with van der Waals surface area (Å²) < 4.78 is 31.0. The SMILES string of the molecule is C=C[C@H](CC(C)C)OC(=O)NS(=O)(=O)c1ccc(C)cc1. The monoisotopic (exact) mass is 311 g/mol. The summed E-state index contributed by atoms with van der Waals surface area (Å²) in [4.78, 5) is 11.7. The molecule has 1 aromatic rings. The summed E-state index contributed by atoms with van der Waals surface area (Å²) in [5, 5.41) is 0. The second kappa shape index (κ2) is 7.26. The van der Waals surface area contributed by atoms with Gasteiger partial charge in [0, 0.05) is 0 Å². The maximum absolute atomic E-state index is 12.0. The number of amides is 1. The van der Waals surface area contributed by atoms with Gasteiger partial charge in [0.05, 0.1) is 4.90 Å². The van der Waals surface area contributed by atoms with Gasteiger partial charge in [0.1, 0.15) is 6.10 Å². The average molecular weight is 311 g/mol. The molecule has 5 nitrogen and oxygen atoms in total. The van der Waals surface area contributed by atoms with Crippen molar-refractivity contribution >= 4 is 16.1 Å². The van der Waals surface area contributed by atoms with Crippen molar-refractivity contribution in [1.29, 1.82) is 0 Å². The Morgan fingerprint density at radius 1 is 1.33 bits per heavy atom. The third kappa shape index (κ3) is 5.59. The highest BCUT2D eigenvalue weighted by molar-refractivity contribution is 7.90. The third-order valence-corrected chi connectivity index (χ3v) is 4.10. The Labute approximate surface area is 126 Å². The third-order valence-electron chi connectivity index (χ3n) is 2.77. The first-order chi connectivity index (χ1) is 9.74. The molecule has 6 heteroatoms. The summed E-state index contributed by atoms with van der Waals surface area (Å²) in [6.45, 7) is 9.37. The van der Waals surface area contributed by atoms with Crippen LogP contribution in [-0.2, 0) is 14.8 Å². The van der Waals surface area contributed by atoms with Crippen LogP contribution in [0.2, 0.25) is 0 Å². The van der Waals surface area contributed by atoms with E-state index in [0.717, 1.165) is 5.56 Å². The van der Waals surface area contributed by atoms with Crippen LogP contribution in [0.1, 0.15) is 25.8 Å². The smallest absolute Gasteiger partial charge is 0.421 e. The standard InChI is InChI=1S/C15H21NO4S/c1-5-13(10-11(2)3)20-15(17)16-21(18,19)14-8-6-12(4)7-9-14/h5-9,11,13H,1,10H2,2-4H3,(H,16,17)/t13-/m1/s1. The molecule has 0 heterocycles. The quantitative estimate of drug-likeness (QED) is 0.820. The lowest BCUT2D eigenvalue weighted by Crippen LogP contribution is -2.33. The highest BCUT2D eigenvalue weighted by Crippen LogP contribution is 2.12. The Balaban J connectivity index is 2.72. The highest BCUT2D eigenvalue weighted by atomic mass is 32.2. The van der Waals surface area contributed by atoms with Crippen molar-refractivity contribution in [3.8, 4) is 0 Å². The topological polar surface area (TPSA) is 72.5 Å². The molecule has 0 unspecified atom stereocenters. The van der Waals surface area contributed by atoms with Crippen molar-refractivity contribution in [3.63, 3.8) is 0 Å². The van der Waals surface area contributed by atoms with Gasteiger partial charge in [-0.05, 0) is 31.4 Å². The number of nitrogens with one attached hydrogen (secondary N) is 1. The number of ether oxygens (including phenoxy) is 1. The Kier molecular flexibility index (Phi) is 5.96. The van der Waals surface area contributed by atoms with Crippen LogP contribution in [0, 0.1) is 12.8 Å². The molecule has 0 fully saturated rings. The van der Waals surface area contributed by atoms with Crippen LogP contribution in [0.5, 0.6) is 0 Å². The van der Waals surface area contributed by atoms with Crippen molar-refractivity contribution < 1.29 is 17.9 Å². The number of sulfonamides is 1. The summed E-state index contributed by atoms with van der Waals surface area (Å²) >= 11 is 0. The van der Waals surface area contributed by atoms with E-state index >= 15 is 0 Å². The van der Waals surface area contributed by atoms with Crippen LogP contribution in [0.25, 0.3) is 0 Å². The van der Waals surface area contributed by atoms with E-state index in [1.54, 1.807) is 12.1 Å². The number of hydrogen-bond donors (Lipinski definition) is 1. The number of benzene rings is 1. The minimum Gasteiger partial charge on any atom is -0.441 e. The van der Waals surface area contributed by atoms with Gasteiger partial charge < -0.3 is 4.74 Å². The zero-order valence-electron chi connectivity index (χ0n) is 12.5. The first-order valence-electron chi connectivity index (χ1n) is 6.67. The largest absolute Gasteiger partial charge is 0.441 e. The van der Waals surface area contributed by atoms with Crippen LogP contribution in [0.4, 0.5) is 4.79 Å². The van der Waals surface area contributed by atoms with Gasteiger partial charge in [-0.25, -0.2) is 17.9 Å². The van der Waals surface area contributed by atoms with Crippen LogP contribution < -0.4 is 4.72 Å². The summed E-state index contributed by atoms with van der Waals surface area (Å²) in [7, 11) is -3.92. The molecule has 0 aliphatic carbocycles. The number of aryl methyl sites for hydroxylation is 1. The van der Waals surface area contributed by atoms with E-state index in [1.165, 1.54) is 18.2 Å². The van der Waals surface area contributed by atoms with Crippen LogP contribution in [0.3, 0.4) is 0 Å². The predicted octanol–water partition coefficient (Wildman–Crippen LogP) is 3.01. The van der Waals surface area contributed by atoms with Gasteiger partial charge in [-0.3, -0.25) is 0 Å². The van der Waals surface area contributed by atoms with E-state index in [-0.39, 0.29) is 4.90 Å². The first kappa shape index (κ1) is 17.2. The molecular formula is C15H21NO4S. The van der Waals surface area contributed by atoms with Crippen molar-refractivity contribution in [2.24, 2.45) is 5.92 Å². The lowest BCUT2D eigenvalue weighted by Gasteiger charge is -2.16. The Morgan fingerprint density at radius 2 is 1.90 bits per heavy atom. The number of hydrogen-bond acceptors (Lipinski definition) is 4. The minimum absolute atomic E-state index is 0.0177. The molecule has 1 amide bonds. The Morgan fingerprint density at radius 3 is 2.38 bits per heavy atom. The Hall–Kier alpha value is -1.82. The van der Waals surface area contributed by atoms with Crippen LogP contribution >= 0.6 is 0 Å². The molecule has 1 N–H and O–H groups in total. The van der Waals surface area contributed by atoms with Crippen molar-refractivity contribution in [1.82, 2.24) is 4.72 Å². The normalized spacial score (nSPS) is 12.8. The van der Waals surface area contributed by atoms with Gasteiger partial charge in [-0.1, -0.05) is 44.2 Å². The molecular weight excluding hydrogens is 290 g/mol. The van der Waals surface area contributed by atoms with E-state index in [2.05, 4.69) is 6.58 Å². The number of carbonyl (C=O) groups is 1. The van der Waals surface area contributed by atoms with Gasteiger partial charge >= 0.3 is 6.09 Å². The van der Waals surface area contributed by atoms with Crippen LogP contribution in [-0.4, -0.2) is 20.6 Å². The van der Waals surface area contributed by atoms with E-state index in [4.69, 9.17) is 4.74 Å². The van der Waals surface area contributed by atoms with E-state index < -0.39 is 22.2 Å². The zero-order chi connectivity index (χ0) is 16.0. The maximum atomic E-state index is 12.0. The summed E-state index contributed by atoms with van der Waals surface area (Å²) in [5.74, 6) is 0.300. The molecule has 0 bridgehead atoms. The average Bonchev–Trinajstić information content (AvgIpc) is 2.37. The van der Waals surface area contributed by atoms with E-state index in [1.807, 2.05) is 25.5 Å². The predicted molar refractivity (Wildman–Crippen MR) is 81.4 cm³/mol. The molecule has 116 valence electrons. The zero-order valence-corrected chi connectivity index (χ0v) is 13.3. The molecule has 21 heavy (non-hydrogen) atoms. The highest BCUT2D eigenvalue weighted by Gasteiger charge is 2.20. The van der Waals surface area contributed by atoms with Crippen molar-refractivity contribution in [2.45, 2.75) is 38.2 Å². The molecule has 1 atom stereocenters. The van der Waals surface area contributed by atoms with Gasteiger partial charge in [-0.2, -0.15) is 0 Å². The molecule has 0 aliphatic rings. The van der Waals surface area contributed by atoms with Gasteiger partial charge in [0.2, 0.25) is 0 Å². The summed E-state index contributed by atoms with van der Waals surface area (Å²) in [5.41, 5.74) is 0.931. The molecule has 0 spiro atoms. The molecule has 0 radical (unpaired) electrons. The number of rotatable bonds is 6. The molecule has 0 saturated heterocycles. The van der Waals surface area contributed by atoms with Crippen molar-refractivity contribution in [2.75, 3.05) is 0 Å². The molecule has 0 saturated carbocycles. The first-order valence-corrected chi connectivity index (χ1v) is 8.15. The Bertz CT molecular complexity index is 591. The molecule has 0 aliphatic heterocycles. The fraction of sp³-hybridized carbons (Fsp3) is 0.400. The van der Waals surface area contributed by atoms with Crippen LogP contribution in [0.15, 0.2) is 41.8 Å². The fourth-order valence-corrected chi connectivity index (χ4v) is 2.58. The second-order valence-corrected chi connectivity index (χ2v) is 6.91. The number of carbonyl (C=O) groups excluding carboxylic acids is 1. The van der Waals surface area contributed by atoms with Gasteiger partial charge in [-0.15, -0.1) is 0 Å². The van der Waals surface area contributed by atoms with E-state index in [0.29, 0.717) is 12.3 Å². The molecule has 0 aromatic heterocycles. The van der Waals surface area contributed by atoms with E-state index in [9.17, 15) is 13.2 Å². The van der Waals surface area contributed by atoms with Crippen molar-refractivity contribution in [3.05, 3.63) is 42.5 Å². The summed E-state index contributed by atoms with van der Waals surface area (Å²) in [6, 6.07) is 6.19. The summed E-state index contributed by atoms with van der Waals surface area (Å²) in [6.07, 6.45) is 0.555. The van der Waals surface area contributed by atoms with Gasteiger partial charge in [0.15, 0.2) is 0 Å². The molecule has 1 rings (SSSR count). The second-order valence-electron chi connectivity index (χ2n) is 5.23. The lowest BCUT2D eigenvalue weighted by molar-refractivity contribution is 0.115. The fourth-order valence-electron chi connectivity index (χ4n) is 1.70. The maximum Gasteiger partial charge on any atom is 0.421 e. The van der Waals surface area contributed by atoms with Gasteiger partial charge in [0.25, 0.3) is 10.0 Å². The minimum atomic E-state index is -3.92.